The number of unbranched alkanes of at least 4 members (excludes halogenated alkanes) is 32. The molecule has 4 nitrogen and oxygen atoms in total. The highest BCUT2D eigenvalue weighted by Crippen LogP contribution is 2.16. The molecule has 0 aliphatic heterocycles. The van der Waals surface area contributed by atoms with Crippen molar-refractivity contribution in [2.45, 2.75) is 296 Å². The van der Waals surface area contributed by atoms with Crippen LogP contribution in [-0.2, 0) is 4.79 Å². The molecule has 0 rings (SSSR count). The Morgan fingerprint density at radius 1 is 0.368 bits per heavy atom. The number of allylic oxidation sites excluding steroid dienone is 15. The maximum atomic E-state index is 12.5. The van der Waals surface area contributed by atoms with E-state index in [2.05, 4.69) is 104 Å². The monoisotopic (exact) mass is 944 g/mol. The van der Waals surface area contributed by atoms with E-state index in [0.717, 1.165) is 70.6 Å². The topological polar surface area (TPSA) is 69.6 Å². The normalized spacial score (nSPS) is 13.5. The molecule has 4 heteroatoms. The average molecular weight is 945 g/mol. The minimum atomic E-state index is -0.867. The van der Waals surface area contributed by atoms with E-state index in [1.165, 1.54) is 193 Å². The standard InChI is InChI=1S/C64H113NO3/c1-3-5-7-9-11-13-15-17-19-21-23-25-26-27-28-29-30-31-32-33-34-35-36-37-38-40-42-44-46-48-50-52-54-56-58-60-64(68)65-62(61-66)63(67)59-57-55-53-51-49-47-45-43-41-39-24-22-20-18-16-14-12-10-8-6-4-2/h5,7,11,13,17,19,23,25,27-28,30-31,49,51,57,59,62-63,66-67H,3-4,6,8-10,12,14-16,18,20-22,24,26,29,32-48,50,52-56,58,60-61H2,1-2H3,(H,65,68)/b7-5-,13-11-,19-17-,25-23-,28-27-,31-30-,51-49+,59-57+. The highest BCUT2D eigenvalue weighted by atomic mass is 16.3. The predicted molar refractivity (Wildman–Crippen MR) is 303 cm³/mol. The van der Waals surface area contributed by atoms with Gasteiger partial charge < -0.3 is 15.5 Å². The first kappa shape index (κ1) is 65.3. The van der Waals surface area contributed by atoms with Gasteiger partial charge in [-0.1, -0.05) is 291 Å². The Morgan fingerprint density at radius 3 is 1.03 bits per heavy atom. The predicted octanol–water partition coefficient (Wildman–Crippen LogP) is 19.7. The Labute approximate surface area is 424 Å². The number of hydrogen-bond acceptors (Lipinski definition) is 3. The number of carbonyl (C=O) groups excluding carboxylic acids is 1. The molecule has 2 atom stereocenters. The van der Waals surface area contributed by atoms with Crippen molar-refractivity contribution < 1.29 is 15.0 Å². The molecule has 0 bridgehead atoms. The first-order chi connectivity index (χ1) is 33.7. The Balaban J connectivity index is 3.53. The van der Waals surface area contributed by atoms with Crippen molar-refractivity contribution in [2.75, 3.05) is 6.61 Å². The van der Waals surface area contributed by atoms with Crippen molar-refractivity contribution in [2.24, 2.45) is 0 Å². The van der Waals surface area contributed by atoms with Crippen LogP contribution in [0.1, 0.15) is 284 Å². The molecule has 0 aliphatic carbocycles. The lowest BCUT2D eigenvalue weighted by Gasteiger charge is -2.19. The zero-order valence-corrected chi connectivity index (χ0v) is 45.1. The molecule has 0 aromatic rings. The van der Waals surface area contributed by atoms with Crippen LogP contribution in [0.25, 0.3) is 0 Å². The summed E-state index contributed by atoms with van der Waals surface area (Å²) in [5.74, 6) is -0.0740. The van der Waals surface area contributed by atoms with E-state index in [1.54, 1.807) is 6.08 Å². The number of aliphatic hydroxyl groups excluding tert-OH is 2. The zero-order chi connectivity index (χ0) is 49.2. The third-order valence-corrected chi connectivity index (χ3v) is 13.1. The summed E-state index contributed by atoms with van der Waals surface area (Å²) in [4.78, 5) is 12.5. The van der Waals surface area contributed by atoms with Crippen molar-refractivity contribution in [3.63, 3.8) is 0 Å². The Kier molecular flexibility index (Phi) is 56.3. The van der Waals surface area contributed by atoms with Crippen LogP contribution in [0.5, 0.6) is 0 Å². The van der Waals surface area contributed by atoms with Gasteiger partial charge in [-0.15, -0.1) is 0 Å². The fraction of sp³-hybridized carbons (Fsp3) is 0.734. The molecule has 2 unspecified atom stereocenters. The Hall–Kier alpha value is -2.69. The molecule has 0 radical (unpaired) electrons. The third kappa shape index (κ3) is 54.3. The molecular weight excluding hydrogens is 831 g/mol. The molecular formula is C64H113NO3. The lowest BCUT2D eigenvalue weighted by Crippen LogP contribution is -2.45. The number of nitrogens with one attached hydrogen (secondary N) is 1. The van der Waals surface area contributed by atoms with Crippen molar-refractivity contribution in [1.82, 2.24) is 5.32 Å². The van der Waals surface area contributed by atoms with E-state index >= 15 is 0 Å². The summed E-state index contributed by atoms with van der Waals surface area (Å²) in [6.07, 6.45) is 87.2. The van der Waals surface area contributed by atoms with Gasteiger partial charge in [-0.3, -0.25) is 4.79 Å². The number of amides is 1. The molecule has 392 valence electrons. The van der Waals surface area contributed by atoms with Gasteiger partial charge >= 0.3 is 0 Å². The molecule has 3 N–H and O–H groups in total. The van der Waals surface area contributed by atoms with Gasteiger partial charge in [0.15, 0.2) is 0 Å². The summed E-state index contributed by atoms with van der Waals surface area (Å²) < 4.78 is 0. The SMILES string of the molecule is CC/C=C\C/C=C\C/C=C\C/C=C\C/C=C\C/C=C\CCCCCCCCCCCCCCCCCCC(=O)NC(CO)C(O)/C=C/CC/C=C/CCCCCCCCCCCCCCCCC. The largest absolute Gasteiger partial charge is 0.394 e. The fourth-order valence-corrected chi connectivity index (χ4v) is 8.61. The van der Waals surface area contributed by atoms with Gasteiger partial charge in [0.05, 0.1) is 18.8 Å². The quantitative estimate of drug-likeness (QED) is 0.0420. The van der Waals surface area contributed by atoms with Gasteiger partial charge in [-0.2, -0.15) is 0 Å². The summed E-state index contributed by atoms with van der Waals surface area (Å²) in [5, 5.41) is 23.2. The lowest BCUT2D eigenvalue weighted by molar-refractivity contribution is -0.123. The van der Waals surface area contributed by atoms with E-state index in [1.807, 2.05) is 6.08 Å². The second-order valence-electron chi connectivity index (χ2n) is 19.7. The molecule has 68 heavy (non-hydrogen) atoms. The van der Waals surface area contributed by atoms with Crippen LogP contribution in [-0.4, -0.2) is 34.9 Å². The molecule has 0 aromatic carbocycles. The second-order valence-corrected chi connectivity index (χ2v) is 19.7. The van der Waals surface area contributed by atoms with E-state index in [0.29, 0.717) is 6.42 Å². The van der Waals surface area contributed by atoms with Crippen LogP contribution in [0, 0.1) is 0 Å². The average Bonchev–Trinajstić information content (AvgIpc) is 3.34. The molecule has 0 saturated heterocycles. The Morgan fingerprint density at radius 2 is 0.662 bits per heavy atom. The summed E-state index contributed by atoms with van der Waals surface area (Å²) in [6, 6.07) is -0.644. The van der Waals surface area contributed by atoms with E-state index in [-0.39, 0.29) is 12.5 Å². The van der Waals surface area contributed by atoms with Crippen LogP contribution in [0.4, 0.5) is 0 Å². The van der Waals surface area contributed by atoms with E-state index in [9.17, 15) is 15.0 Å². The number of rotatable bonds is 53. The maximum Gasteiger partial charge on any atom is 0.220 e. The summed E-state index contributed by atoms with van der Waals surface area (Å²) in [7, 11) is 0. The number of carbonyl (C=O) groups is 1. The summed E-state index contributed by atoms with van der Waals surface area (Å²) in [5.41, 5.74) is 0. The lowest BCUT2D eigenvalue weighted by atomic mass is 10.0. The van der Waals surface area contributed by atoms with Crippen molar-refractivity contribution in [3.05, 3.63) is 97.2 Å². The van der Waals surface area contributed by atoms with Gasteiger partial charge in [0.25, 0.3) is 0 Å². The minimum Gasteiger partial charge on any atom is -0.394 e. The Bertz CT molecular complexity index is 1250. The van der Waals surface area contributed by atoms with E-state index in [4.69, 9.17) is 0 Å². The van der Waals surface area contributed by atoms with Crippen molar-refractivity contribution >= 4 is 5.91 Å². The third-order valence-electron chi connectivity index (χ3n) is 13.1. The second kappa shape index (κ2) is 58.6. The smallest absolute Gasteiger partial charge is 0.220 e. The fourth-order valence-electron chi connectivity index (χ4n) is 8.61. The van der Waals surface area contributed by atoms with Gasteiger partial charge in [0.2, 0.25) is 5.91 Å². The molecule has 0 heterocycles. The summed E-state index contributed by atoms with van der Waals surface area (Å²) in [6.45, 7) is 4.20. The van der Waals surface area contributed by atoms with Gasteiger partial charge in [0.1, 0.15) is 0 Å². The summed E-state index contributed by atoms with van der Waals surface area (Å²) >= 11 is 0. The first-order valence-corrected chi connectivity index (χ1v) is 29.5. The molecule has 0 spiro atoms. The molecule has 0 fully saturated rings. The van der Waals surface area contributed by atoms with Crippen LogP contribution in [0.2, 0.25) is 0 Å². The molecule has 1 amide bonds. The zero-order valence-electron chi connectivity index (χ0n) is 45.1. The van der Waals surface area contributed by atoms with Crippen molar-refractivity contribution in [3.8, 4) is 0 Å². The van der Waals surface area contributed by atoms with Crippen LogP contribution >= 0.6 is 0 Å². The highest BCUT2D eigenvalue weighted by molar-refractivity contribution is 5.76. The van der Waals surface area contributed by atoms with Crippen molar-refractivity contribution in [1.29, 1.82) is 0 Å². The first-order valence-electron chi connectivity index (χ1n) is 29.5. The van der Waals surface area contributed by atoms with Gasteiger partial charge in [-0.05, 0) is 83.5 Å². The van der Waals surface area contributed by atoms with Crippen LogP contribution < -0.4 is 5.32 Å². The minimum absolute atomic E-state index is 0.0740. The molecule has 0 aliphatic rings. The maximum absolute atomic E-state index is 12.5. The van der Waals surface area contributed by atoms with Crippen LogP contribution in [0.15, 0.2) is 97.2 Å². The number of hydrogen-bond donors (Lipinski definition) is 3. The molecule has 0 aromatic heterocycles. The van der Waals surface area contributed by atoms with E-state index < -0.39 is 12.1 Å². The van der Waals surface area contributed by atoms with Crippen LogP contribution in [0.3, 0.4) is 0 Å². The van der Waals surface area contributed by atoms with Gasteiger partial charge in [-0.25, -0.2) is 0 Å². The molecule has 0 saturated carbocycles. The highest BCUT2D eigenvalue weighted by Gasteiger charge is 2.18. The number of aliphatic hydroxyl groups is 2. The van der Waals surface area contributed by atoms with Gasteiger partial charge in [0, 0.05) is 6.42 Å².